The normalized spacial score (nSPS) is 33.9. The highest BCUT2D eigenvalue weighted by Crippen LogP contribution is 2.24. The van der Waals surface area contributed by atoms with Crippen LogP contribution >= 0.6 is 0 Å². The SMILES string of the molecule is C/C=C/CN1CCCC(C2CCCN2)C1. The van der Waals surface area contributed by atoms with Gasteiger partial charge in [0, 0.05) is 19.1 Å². The molecular formula is C13H24N2. The van der Waals surface area contributed by atoms with E-state index in [0.29, 0.717) is 0 Å². The van der Waals surface area contributed by atoms with E-state index in [9.17, 15) is 0 Å². The molecule has 2 aliphatic heterocycles. The molecule has 2 atom stereocenters. The number of nitrogens with one attached hydrogen (secondary N) is 1. The molecule has 1 N–H and O–H groups in total. The van der Waals surface area contributed by atoms with Crippen LogP contribution in [0.25, 0.3) is 0 Å². The maximum Gasteiger partial charge on any atom is 0.0163 e. The standard InChI is InChI=1S/C13H24N2/c1-2-3-9-15-10-5-6-12(11-15)13-7-4-8-14-13/h2-3,12-14H,4-11H2,1H3/b3-2+. The van der Waals surface area contributed by atoms with Crippen LogP contribution in [-0.2, 0) is 0 Å². The molecule has 0 aliphatic carbocycles. The molecule has 0 saturated carbocycles. The number of hydrogen-bond acceptors (Lipinski definition) is 2. The predicted molar refractivity (Wildman–Crippen MR) is 65.0 cm³/mol. The van der Waals surface area contributed by atoms with E-state index in [2.05, 4.69) is 29.3 Å². The van der Waals surface area contributed by atoms with Crippen LogP contribution in [0.2, 0.25) is 0 Å². The summed E-state index contributed by atoms with van der Waals surface area (Å²) in [5.74, 6) is 0.909. The second kappa shape index (κ2) is 5.66. The van der Waals surface area contributed by atoms with Gasteiger partial charge in [0.2, 0.25) is 0 Å². The average molecular weight is 208 g/mol. The first-order valence-corrected chi connectivity index (χ1v) is 6.47. The fraction of sp³-hybridized carbons (Fsp3) is 0.846. The molecule has 2 fully saturated rings. The number of nitrogens with zero attached hydrogens (tertiary/aromatic N) is 1. The maximum absolute atomic E-state index is 3.66. The summed E-state index contributed by atoms with van der Waals surface area (Å²) in [7, 11) is 0. The quantitative estimate of drug-likeness (QED) is 0.714. The summed E-state index contributed by atoms with van der Waals surface area (Å²) in [6.45, 7) is 7.12. The Balaban J connectivity index is 1.80. The highest BCUT2D eigenvalue weighted by atomic mass is 15.1. The number of piperidine rings is 1. The lowest BCUT2D eigenvalue weighted by atomic mass is 9.90. The highest BCUT2D eigenvalue weighted by Gasteiger charge is 2.28. The Morgan fingerprint density at radius 2 is 2.27 bits per heavy atom. The van der Waals surface area contributed by atoms with Crippen LogP contribution in [0.5, 0.6) is 0 Å². The van der Waals surface area contributed by atoms with Gasteiger partial charge in [0.05, 0.1) is 0 Å². The number of allylic oxidation sites excluding steroid dienone is 1. The van der Waals surface area contributed by atoms with Crippen molar-refractivity contribution in [1.29, 1.82) is 0 Å². The first-order valence-electron chi connectivity index (χ1n) is 6.47. The second-order valence-corrected chi connectivity index (χ2v) is 4.93. The molecule has 0 radical (unpaired) electrons. The van der Waals surface area contributed by atoms with Crippen molar-refractivity contribution in [1.82, 2.24) is 10.2 Å². The van der Waals surface area contributed by atoms with Gasteiger partial charge in [-0.05, 0) is 51.6 Å². The molecule has 0 bridgehead atoms. The minimum absolute atomic E-state index is 0.818. The highest BCUT2D eigenvalue weighted by molar-refractivity contribution is 4.89. The van der Waals surface area contributed by atoms with Gasteiger partial charge >= 0.3 is 0 Å². The van der Waals surface area contributed by atoms with Crippen molar-refractivity contribution in [3.63, 3.8) is 0 Å². The summed E-state index contributed by atoms with van der Waals surface area (Å²) in [5, 5.41) is 3.66. The van der Waals surface area contributed by atoms with Crippen molar-refractivity contribution in [2.45, 2.75) is 38.6 Å². The van der Waals surface area contributed by atoms with Crippen LogP contribution in [0.3, 0.4) is 0 Å². The Labute approximate surface area is 93.7 Å². The van der Waals surface area contributed by atoms with Gasteiger partial charge in [-0.2, -0.15) is 0 Å². The minimum atomic E-state index is 0.818. The third kappa shape index (κ3) is 3.05. The first-order chi connectivity index (χ1) is 7.40. The van der Waals surface area contributed by atoms with Gasteiger partial charge in [0.25, 0.3) is 0 Å². The lowest BCUT2D eigenvalue weighted by molar-refractivity contribution is 0.165. The van der Waals surface area contributed by atoms with Crippen LogP contribution in [0, 0.1) is 5.92 Å². The van der Waals surface area contributed by atoms with E-state index in [1.807, 2.05) is 0 Å². The fourth-order valence-corrected chi connectivity index (χ4v) is 2.95. The third-order valence-corrected chi connectivity index (χ3v) is 3.81. The summed E-state index contributed by atoms with van der Waals surface area (Å²) >= 11 is 0. The van der Waals surface area contributed by atoms with Gasteiger partial charge in [-0.15, -0.1) is 0 Å². The molecule has 0 spiro atoms. The number of hydrogen-bond donors (Lipinski definition) is 1. The molecule has 2 heteroatoms. The molecule has 15 heavy (non-hydrogen) atoms. The van der Waals surface area contributed by atoms with Crippen molar-refractivity contribution in [2.75, 3.05) is 26.2 Å². The van der Waals surface area contributed by atoms with Gasteiger partial charge in [-0.25, -0.2) is 0 Å². The smallest absolute Gasteiger partial charge is 0.0163 e. The molecule has 0 amide bonds. The van der Waals surface area contributed by atoms with E-state index in [0.717, 1.165) is 18.5 Å². The Morgan fingerprint density at radius 1 is 1.33 bits per heavy atom. The molecule has 2 heterocycles. The van der Waals surface area contributed by atoms with Gasteiger partial charge in [-0.3, -0.25) is 4.90 Å². The monoisotopic (exact) mass is 208 g/mol. The molecule has 2 unspecified atom stereocenters. The van der Waals surface area contributed by atoms with E-state index in [1.165, 1.54) is 45.3 Å². The molecule has 2 aliphatic rings. The molecule has 2 nitrogen and oxygen atoms in total. The van der Waals surface area contributed by atoms with Crippen molar-refractivity contribution >= 4 is 0 Å². The van der Waals surface area contributed by atoms with E-state index < -0.39 is 0 Å². The first kappa shape index (κ1) is 11.2. The van der Waals surface area contributed by atoms with Gasteiger partial charge < -0.3 is 5.32 Å². The van der Waals surface area contributed by atoms with Gasteiger partial charge in [-0.1, -0.05) is 12.2 Å². The molecule has 0 aromatic heterocycles. The second-order valence-electron chi connectivity index (χ2n) is 4.93. The van der Waals surface area contributed by atoms with Crippen LogP contribution in [-0.4, -0.2) is 37.1 Å². The molecule has 0 aromatic carbocycles. The van der Waals surface area contributed by atoms with E-state index in [-0.39, 0.29) is 0 Å². The fourth-order valence-electron chi connectivity index (χ4n) is 2.95. The van der Waals surface area contributed by atoms with E-state index >= 15 is 0 Å². The molecule has 86 valence electrons. The topological polar surface area (TPSA) is 15.3 Å². The zero-order valence-corrected chi connectivity index (χ0v) is 9.91. The Morgan fingerprint density at radius 3 is 3.00 bits per heavy atom. The van der Waals surface area contributed by atoms with Gasteiger partial charge in [0.15, 0.2) is 0 Å². The Hall–Kier alpha value is -0.340. The molecule has 0 aromatic rings. The Kier molecular flexibility index (Phi) is 4.21. The summed E-state index contributed by atoms with van der Waals surface area (Å²) < 4.78 is 0. The summed E-state index contributed by atoms with van der Waals surface area (Å²) in [6.07, 6.45) is 10.1. The number of likely N-dealkylation sites (tertiary alicyclic amines) is 1. The van der Waals surface area contributed by atoms with Crippen molar-refractivity contribution in [2.24, 2.45) is 5.92 Å². The number of rotatable bonds is 3. The van der Waals surface area contributed by atoms with Crippen molar-refractivity contribution < 1.29 is 0 Å². The third-order valence-electron chi connectivity index (χ3n) is 3.81. The van der Waals surface area contributed by atoms with E-state index in [1.54, 1.807) is 0 Å². The predicted octanol–water partition coefficient (Wildman–Crippen LogP) is 2.03. The summed E-state index contributed by atoms with van der Waals surface area (Å²) in [6, 6.07) is 0.818. The summed E-state index contributed by atoms with van der Waals surface area (Å²) in [5.41, 5.74) is 0. The zero-order chi connectivity index (χ0) is 10.5. The van der Waals surface area contributed by atoms with Crippen LogP contribution < -0.4 is 5.32 Å². The summed E-state index contributed by atoms with van der Waals surface area (Å²) in [4.78, 5) is 2.61. The van der Waals surface area contributed by atoms with Crippen LogP contribution in [0.4, 0.5) is 0 Å². The lowest BCUT2D eigenvalue weighted by Gasteiger charge is -2.35. The molecule has 2 saturated heterocycles. The van der Waals surface area contributed by atoms with E-state index in [4.69, 9.17) is 0 Å². The van der Waals surface area contributed by atoms with Crippen molar-refractivity contribution in [3.05, 3.63) is 12.2 Å². The largest absolute Gasteiger partial charge is 0.314 e. The average Bonchev–Trinajstić information content (AvgIpc) is 2.80. The van der Waals surface area contributed by atoms with Crippen LogP contribution in [0.1, 0.15) is 32.6 Å². The van der Waals surface area contributed by atoms with Crippen LogP contribution in [0.15, 0.2) is 12.2 Å². The molecule has 2 rings (SSSR count). The molecular weight excluding hydrogens is 184 g/mol. The zero-order valence-electron chi connectivity index (χ0n) is 9.91. The van der Waals surface area contributed by atoms with Gasteiger partial charge in [0.1, 0.15) is 0 Å². The maximum atomic E-state index is 3.66. The van der Waals surface area contributed by atoms with Crippen molar-refractivity contribution in [3.8, 4) is 0 Å². The Bertz CT molecular complexity index is 207. The minimum Gasteiger partial charge on any atom is -0.314 e. The lowest BCUT2D eigenvalue weighted by Crippen LogP contribution is -2.43.